The number of amides is 2. The summed E-state index contributed by atoms with van der Waals surface area (Å²) in [5, 5.41) is 2.42. The Morgan fingerprint density at radius 2 is 1.35 bits per heavy atom. The molecule has 2 fully saturated rings. The first-order chi connectivity index (χ1) is 9.70. The van der Waals surface area contributed by atoms with Gasteiger partial charge in [0, 0.05) is 0 Å². The maximum Gasteiger partial charge on any atom is 0.338 e. The lowest BCUT2D eigenvalue weighted by Crippen LogP contribution is -2.65. The maximum absolute atomic E-state index is 12.1. The lowest BCUT2D eigenvalue weighted by Gasteiger charge is -2.46. The van der Waals surface area contributed by atoms with Crippen molar-refractivity contribution in [1.29, 1.82) is 0 Å². The van der Waals surface area contributed by atoms with Gasteiger partial charge in [0.15, 0.2) is 0 Å². The molecule has 0 aromatic rings. The van der Waals surface area contributed by atoms with E-state index >= 15 is 0 Å². The zero-order valence-corrected chi connectivity index (χ0v) is 11.5. The highest BCUT2D eigenvalue weighted by molar-refractivity contribution is 6.35. The van der Waals surface area contributed by atoms with Gasteiger partial charge in [-0.05, 0) is 12.8 Å². The fourth-order valence-corrected chi connectivity index (χ4v) is 2.70. The fraction of sp³-hybridized carbons (Fsp3) is 0.571. The summed E-state index contributed by atoms with van der Waals surface area (Å²) < 4.78 is 0. The Labute approximate surface area is 118 Å². The molecule has 110 valence electrons. The number of carbonyl (C=O) groups is 2. The molecule has 0 radical (unpaired) electrons. The number of hydrogen-bond acceptors (Lipinski definition) is 4. The minimum Gasteiger partial charge on any atom is -0.266 e. The number of piperazine rings is 1. The molecule has 0 N–H and O–H groups in total. The lowest BCUT2D eigenvalue weighted by molar-refractivity contribution is -0.259. The fourth-order valence-electron chi connectivity index (χ4n) is 2.70. The van der Waals surface area contributed by atoms with Gasteiger partial charge in [-0.2, -0.15) is 0 Å². The number of rotatable bonds is 6. The summed E-state index contributed by atoms with van der Waals surface area (Å²) in [6.45, 7) is 7.52. The van der Waals surface area contributed by atoms with Crippen molar-refractivity contribution in [3.05, 3.63) is 25.3 Å². The number of hydrogen-bond donors (Lipinski definition) is 0. The molecule has 0 spiro atoms. The molecule has 6 heteroatoms. The lowest BCUT2D eigenvalue weighted by atomic mass is 9.88. The van der Waals surface area contributed by atoms with Crippen molar-refractivity contribution < 1.29 is 19.3 Å². The highest BCUT2D eigenvalue weighted by Gasteiger charge is 2.48. The van der Waals surface area contributed by atoms with Crippen molar-refractivity contribution in [2.75, 3.05) is 13.2 Å². The summed E-state index contributed by atoms with van der Waals surface area (Å²) in [7, 11) is 0. The quantitative estimate of drug-likeness (QED) is 0.542. The second kappa shape index (κ2) is 6.67. The molecule has 6 nitrogen and oxygen atoms in total. The third-order valence-corrected chi connectivity index (χ3v) is 3.54. The first-order valence-corrected chi connectivity index (χ1v) is 6.85. The standard InChI is InChI=1S/C14H20N2O4/c1-3-9-19-15-11-7-5-6-8-12(11)16(20-10-4-2)14(18)13(15)17/h3-4,11-12H,1-2,5-10H2/t11-,12-/m1/s1. The zero-order valence-electron chi connectivity index (χ0n) is 11.5. The van der Waals surface area contributed by atoms with Crippen LogP contribution in [-0.4, -0.2) is 47.2 Å². The predicted octanol–water partition coefficient (Wildman–Crippen LogP) is 1.20. The zero-order chi connectivity index (χ0) is 14.5. The monoisotopic (exact) mass is 280 g/mol. The van der Waals surface area contributed by atoms with Gasteiger partial charge in [-0.15, -0.1) is 13.2 Å². The topological polar surface area (TPSA) is 59.1 Å². The molecule has 1 aliphatic heterocycles. The van der Waals surface area contributed by atoms with Crippen LogP contribution >= 0.6 is 0 Å². The molecule has 1 heterocycles. The molecular formula is C14H20N2O4. The second-order valence-corrected chi connectivity index (χ2v) is 4.85. The Hall–Kier alpha value is -1.66. The van der Waals surface area contributed by atoms with E-state index in [0.29, 0.717) is 0 Å². The largest absolute Gasteiger partial charge is 0.338 e. The van der Waals surface area contributed by atoms with Crippen LogP contribution in [0.15, 0.2) is 25.3 Å². The summed E-state index contributed by atoms with van der Waals surface area (Å²) in [5.41, 5.74) is 0. The molecule has 0 aromatic heterocycles. The third kappa shape index (κ3) is 2.76. The minimum atomic E-state index is -0.681. The second-order valence-electron chi connectivity index (χ2n) is 4.85. The van der Waals surface area contributed by atoms with Crippen molar-refractivity contribution in [1.82, 2.24) is 10.1 Å². The molecule has 2 rings (SSSR count). The van der Waals surface area contributed by atoms with Crippen LogP contribution in [0.4, 0.5) is 0 Å². The molecule has 2 atom stereocenters. The van der Waals surface area contributed by atoms with Gasteiger partial charge in [-0.25, -0.2) is 10.1 Å². The molecule has 1 saturated carbocycles. The van der Waals surface area contributed by atoms with Crippen molar-refractivity contribution in [3.63, 3.8) is 0 Å². The summed E-state index contributed by atoms with van der Waals surface area (Å²) in [5.74, 6) is -1.36. The average Bonchev–Trinajstić information content (AvgIpc) is 2.47. The van der Waals surface area contributed by atoms with Gasteiger partial charge < -0.3 is 0 Å². The van der Waals surface area contributed by atoms with Crippen LogP contribution in [-0.2, 0) is 19.3 Å². The van der Waals surface area contributed by atoms with Crippen LogP contribution in [0.25, 0.3) is 0 Å². The third-order valence-electron chi connectivity index (χ3n) is 3.54. The van der Waals surface area contributed by atoms with Crippen LogP contribution in [0, 0.1) is 0 Å². The van der Waals surface area contributed by atoms with Gasteiger partial charge in [-0.3, -0.25) is 19.3 Å². The van der Waals surface area contributed by atoms with Crippen molar-refractivity contribution >= 4 is 11.8 Å². The molecule has 1 aliphatic carbocycles. The number of carbonyl (C=O) groups excluding carboxylic acids is 2. The number of hydroxylamine groups is 4. The molecule has 20 heavy (non-hydrogen) atoms. The van der Waals surface area contributed by atoms with E-state index in [1.54, 1.807) is 12.2 Å². The number of fused-ring (bicyclic) bond motifs is 1. The van der Waals surface area contributed by atoms with E-state index in [1.807, 2.05) is 0 Å². The Kier molecular flexibility index (Phi) is 4.92. The van der Waals surface area contributed by atoms with E-state index < -0.39 is 11.8 Å². The highest BCUT2D eigenvalue weighted by Crippen LogP contribution is 2.31. The molecule has 0 bridgehead atoms. The van der Waals surface area contributed by atoms with E-state index in [2.05, 4.69) is 13.2 Å². The Morgan fingerprint density at radius 1 is 0.950 bits per heavy atom. The van der Waals surface area contributed by atoms with Crippen LogP contribution < -0.4 is 0 Å². The maximum atomic E-state index is 12.1. The molecule has 2 aliphatic rings. The Morgan fingerprint density at radius 3 is 1.70 bits per heavy atom. The Bertz CT molecular complexity index is 372. The minimum absolute atomic E-state index is 0.154. The van der Waals surface area contributed by atoms with Crippen molar-refractivity contribution in [3.8, 4) is 0 Å². The summed E-state index contributed by atoms with van der Waals surface area (Å²) in [6, 6.07) is -0.308. The van der Waals surface area contributed by atoms with Gasteiger partial charge in [0.1, 0.15) is 0 Å². The van der Waals surface area contributed by atoms with E-state index in [4.69, 9.17) is 9.68 Å². The number of nitrogens with zero attached hydrogens (tertiary/aromatic N) is 2. The molecule has 1 saturated heterocycles. The average molecular weight is 280 g/mol. The van der Waals surface area contributed by atoms with Crippen LogP contribution in [0.2, 0.25) is 0 Å². The molecular weight excluding hydrogens is 260 g/mol. The molecule has 0 aromatic carbocycles. The van der Waals surface area contributed by atoms with Gasteiger partial charge in [0.05, 0.1) is 25.3 Å². The van der Waals surface area contributed by atoms with E-state index in [0.717, 1.165) is 25.7 Å². The molecule has 2 amide bonds. The van der Waals surface area contributed by atoms with Crippen LogP contribution in [0.1, 0.15) is 25.7 Å². The SMILES string of the molecule is C=CCON1C(=O)C(=O)N(OCC=C)[C@@H]2CCCC[C@H]21. The first kappa shape index (κ1) is 14.7. The van der Waals surface area contributed by atoms with Crippen LogP contribution in [0.3, 0.4) is 0 Å². The van der Waals surface area contributed by atoms with Crippen LogP contribution in [0.5, 0.6) is 0 Å². The smallest absolute Gasteiger partial charge is 0.266 e. The predicted molar refractivity (Wildman–Crippen MR) is 72.0 cm³/mol. The normalized spacial score (nSPS) is 26.4. The van der Waals surface area contributed by atoms with E-state index in [9.17, 15) is 9.59 Å². The Balaban J connectivity index is 2.19. The van der Waals surface area contributed by atoms with Gasteiger partial charge >= 0.3 is 11.8 Å². The van der Waals surface area contributed by atoms with E-state index in [-0.39, 0.29) is 25.3 Å². The van der Waals surface area contributed by atoms with Crippen molar-refractivity contribution in [2.45, 2.75) is 37.8 Å². The first-order valence-electron chi connectivity index (χ1n) is 6.85. The summed E-state index contributed by atoms with van der Waals surface area (Å²) in [4.78, 5) is 35.0. The highest BCUT2D eigenvalue weighted by atomic mass is 16.7. The van der Waals surface area contributed by atoms with Gasteiger partial charge in [-0.1, -0.05) is 25.0 Å². The molecule has 0 unspecified atom stereocenters. The summed E-state index contributed by atoms with van der Waals surface area (Å²) >= 11 is 0. The van der Waals surface area contributed by atoms with Gasteiger partial charge in [0.2, 0.25) is 0 Å². The summed E-state index contributed by atoms with van der Waals surface area (Å²) in [6.07, 6.45) is 6.72. The van der Waals surface area contributed by atoms with E-state index in [1.165, 1.54) is 10.1 Å². The van der Waals surface area contributed by atoms with Gasteiger partial charge in [0.25, 0.3) is 0 Å². The van der Waals surface area contributed by atoms with Crippen molar-refractivity contribution in [2.24, 2.45) is 0 Å².